The van der Waals surface area contributed by atoms with Gasteiger partial charge in [0, 0.05) is 31.9 Å². The average molecular weight is 381 g/mol. The zero-order valence-corrected chi connectivity index (χ0v) is 15.3. The van der Waals surface area contributed by atoms with Crippen molar-refractivity contribution in [2.75, 3.05) is 25.0 Å². The summed E-state index contributed by atoms with van der Waals surface area (Å²) in [6.45, 7) is 2.70. The lowest BCUT2D eigenvalue weighted by molar-refractivity contribution is -0.140. The maximum Gasteiger partial charge on any atom is 0.239 e. The van der Waals surface area contributed by atoms with Crippen molar-refractivity contribution in [1.29, 1.82) is 0 Å². The molecule has 0 bridgehead atoms. The predicted molar refractivity (Wildman–Crippen MR) is 95.5 cm³/mol. The van der Waals surface area contributed by atoms with Crippen LogP contribution < -0.4 is 10.6 Å². The Balaban J connectivity index is 0.00000264. The third-order valence-corrected chi connectivity index (χ3v) is 4.81. The molecule has 128 valence electrons. The molecule has 5 nitrogen and oxygen atoms in total. The van der Waals surface area contributed by atoms with Crippen molar-refractivity contribution in [1.82, 2.24) is 4.90 Å². The number of likely N-dealkylation sites (N-methyl/N-ethyl adjacent to an activating group) is 1. The Labute approximate surface area is 152 Å². The summed E-state index contributed by atoms with van der Waals surface area (Å²) in [6.07, 6.45) is 0.486. The minimum Gasteiger partial charge on any atom is -0.341 e. The lowest BCUT2D eigenvalue weighted by atomic mass is 10.1. The second-order valence-corrected chi connectivity index (χ2v) is 6.28. The highest BCUT2D eigenvalue weighted by Crippen LogP contribution is 2.31. The summed E-state index contributed by atoms with van der Waals surface area (Å²) in [7, 11) is 1.68. The van der Waals surface area contributed by atoms with E-state index >= 15 is 0 Å². The zero-order chi connectivity index (χ0) is 16.4. The van der Waals surface area contributed by atoms with Gasteiger partial charge >= 0.3 is 0 Å². The molecule has 2 rings (SSSR count). The Morgan fingerprint density at radius 2 is 2.09 bits per heavy atom. The summed E-state index contributed by atoms with van der Waals surface area (Å²) in [6, 6.07) is 4.91. The fourth-order valence-electron chi connectivity index (χ4n) is 2.44. The lowest BCUT2D eigenvalue weighted by Crippen LogP contribution is -2.44. The van der Waals surface area contributed by atoms with E-state index < -0.39 is 5.92 Å². The van der Waals surface area contributed by atoms with Gasteiger partial charge in [-0.05, 0) is 31.5 Å². The molecule has 0 radical (unpaired) electrons. The molecular weight excluding hydrogens is 361 g/mol. The highest BCUT2D eigenvalue weighted by molar-refractivity contribution is 6.42. The summed E-state index contributed by atoms with van der Waals surface area (Å²) in [5.41, 5.74) is 6.23. The smallest absolute Gasteiger partial charge is 0.239 e. The van der Waals surface area contributed by atoms with E-state index in [4.69, 9.17) is 28.9 Å². The van der Waals surface area contributed by atoms with E-state index in [-0.39, 0.29) is 30.3 Å². The van der Waals surface area contributed by atoms with E-state index in [1.54, 1.807) is 35.0 Å². The van der Waals surface area contributed by atoms with Crippen molar-refractivity contribution in [2.24, 2.45) is 11.7 Å². The molecular formula is C15H20Cl3N3O2. The second kappa shape index (κ2) is 8.20. The normalized spacial score (nSPS) is 18.6. The number of hydrogen-bond donors (Lipinski definition) is 1. The van der Waals surface area contributed by atoms with Crippen LogP contribution in [0.1, 0.15) is 13.3 Å². The summed E-state index contributed by atoms with van der Waals surface area (Å²) < 4.78 is 0. The molecule has 1 saturated heterocycles. The number of benzene rings is 1. The SMILES string of the molecule is CC(CN)N(C)C(=O)C1CCN(c2ccc(Cl)c(Cl)c2)C1=O.Cl. The molecule has 2 unspecified atom stereocenters. The molecule has 1 aliphatic rings. The number of carbonyl (C=O) groups excluding carboxylic acids is 2. The molecule has 1 aromatic carbocycles. The van der Waals surface area contributed by atoms with Crippen LogP contribution in [0.15, 0.2) is 18.2 Å². The minimum atomic E-state index is -0.659. The summed E-state index contributed by atoms with van der Waals surface area (Å²) in [5.74, 6) is -1.06. The first-order chi connectivity index (χ1) is 10.4. The van der Waals surface area contributed by atoms with Crippen LogP contribution in [-0.4, -0.2) is 42.9 Å². The molecule has 0 spiro atoms. The van der Waals surface area contributed by atoms with Crippen molar-refractivity contribution < 1.29 is 9.59 Å². The zero-order valence-electron chi connectivity index (χ0n) is 13.0. The van der Waals surface area contributed by atoms with Gasteiger partial charge in [0.25, 0.3) is 0 Å². The number of rotatable bonds is 4. The van der Waals surface area contributed by atoms with Gasteiger partial charge in [0.05, 0.1) is 10.0 Å². The van der Waals surface area contributed by atoms with Gasteiger partial charge in [-0.2, -0.15) is 0 Å². The van der Waals surface area contributed by atoms with Crippen LogP contribution in [0.5, 0.6) is 0 Å². The molecule has 0 saturated carbocycles. The van der Waals surface area contributed by atoms with E-state index in [9.17, 15) is 9.59 Å². The molecule has 0 aromatic heterocycles. The first-order valence-electron chi connectivity index (χ1n) is 7.10. The van der Waals surface area contributed by atoms with E-state index in [2.05, 4.69) is 0 Å². The van der Waals surface area contributed by atoms with Crippen LogP contribution in [0.3, 0.4) is 0 Å². The number of hydrogen-bond acceptors (Lipinski definition) is 3. The fraction of sp³-hybridized carbons (Fsp3) is 0.467. The minimum absolute atomic E-state index is 0. The van der Waals surface area contributed by atoms with Gasteiger partial charge in [0.2, 0.25) is 11.8 Å². The van der Waals surface area contributed by atoms with Crippen molar-refractivity contribution in [2.45, 2.75) is 19.4 Å². The number of halogens is 3. The molecule has 8 heteroatoms. The highest BCUT2D eigenvalue weighted by Gasteiger charge is 2.39. The number of nitrogens with zero attached hydrogens (tertiary/aromatic N) is 2. The Kier molecular flexibility index (Phi) is 7.14. The maximum atomic E-state index is 12.5. The largest absolute Gasteiger partial charge is 0.341 e. The van der Waals surface area contributed by atoms with Crippen LogP contribution in [0.25, 0.3) is 0 Å². The number of amides is 2. The van der Waals surface area contributed by atoms with Gasteiger partial charge in [-0.3, -0.25) is 9.59 Å². The summed E-state index contributed by atoms with van der Waals surface area (Å²) in [5, 5.41) is 0.816. The monoisotopic (exact) mass is 379 g/mol. The third kappa shape index (κ3) is 4.10. The number of nitrogens with two attached hydrogens (primary N) is 1. The number of anilines is 1. The molecule has 23 heavy (non-hydrogen) atoms. The molecule has 1 aromatic rings. The predicted octanol–water partition coefficient (Wildman–Crippen LogP) is 2.57. The first kappa shape index (κ1) is 20.0. The molecule has 2 amide bonds. The molecule has 2 N–H and O–H groups in total. The Morgan fingerprint density at radius 1 is 1.43 bits per heavy atom. The van der Waals surface area contributed by atoms with Gasteiger partial charge in [-0.1, -0.05) is 23.2 Å². The van der Waals surface area contributed by atoms with Crippen LogP contribution in [-0.2, 0) is 9.59 Å². The quantitative estimate of drug-likeness (QED) is 0.816. The van der Waals surface area contributed by atoms with Crippen molar-refractivity contribution in [3.05, 3.63) is 28.2 Å². The van der Waals surface area contributed by atoms with Gasteiger partial charge in [-0.15, -0.1) is 12.4 Å². The standard InChI is InChI=1S/C15H19Cl2N3O2.ClH/c1-9(8-18)19(2)14(21)11-5-6-20(15(11)22)10-3-4-12(16)13(17)7-10;/h3-4,7,9,11H,5-6,8,18H2,1-2H3;1H. The van der Waals surface area contributed by atoms with Crippen LogP contribution in [0, 0.1) is 5.92 Å². The second-order valence-electron chi connectivity index (χ2n) is 5.46. The first-order valence-corrected chi connectivity index (χ1v) is 7.85. The molecule has 2 atom stereocenters. The molecule has 1 aliphatic heterocycles. The van der Waals surface area contributed by atoms with Gasteiger partial charge in [0.1, 0.15) is 5.92 Å². The van der Waals surface area contributed by atoms with E-state index in [1.165, 1.54) is 0 Å². The van der Waals surface area contributed by atoms with Crippen molar-refractivity contribution in [3.8, 4) is 0 Å². The average Bonchev–Trinajstić information content (AvgIpc) is 2.89. The summed E-state index contributed by atoms with van der Waals surface area (Å²) >= 11 is 11.9. The fourth-order valence-corrected chi connectivity index (χ4v) is 2.73. The van der Waals surface area contributed by atoms with Crippen molar-refractivity contribution >= 4 is 53.1 Å². The third-order valence-electron chi connectivity index (χ3n) is 4.07. The van der Waals surface area contributed by atoms with Crippen LogP contribution in [0.4, 0.5) is 5.69 Å². The topological polar surface area (TPSA) is 66.6 Å². The van der Waals surface area contributed by atoms with E-state index in [0.29, 0.717) is 35.2 Å². The Hall–Kier alpha value is -1.01. The van der Waals surface area contributed by atoms with Crippen LogP contribution in [0.2, 0.25) is 10.0 Å². The summed E-state index contributed by atoms with van der Waals surface area (Å²) in [4.78, 5) is 28.1. The highest BCUT2D eigenvalue weighted by atomic mass is 35.5. The molecule has 1 fully saturated rings. The Morgan fingerprint density at radius 3 is 2.65 bits per heavy atom. The van der Waals surface area contributed by atoms with E-state index in [0.717, 1.165) is 0 Å². The van der Waals surface area contributed by atoms with E-state index in [1.807, 2.05) is 6.92 Å². The Bertz CT molecular complexity index is 597. The van der Waals surface area contributed by atoms with Crippen molar-refractivity contribution in [3.63, 3.8) is 0 Å². The van der Waals surface area contributed by atoms with Gasteiger partial charge in [-0.25, -0.2) is 0 Å². The molecule has 1 heterocycles. The van der Waals surface area contributed by atoms with Gasteiger partial charge in [0.15, 0.2) is 0 Å². The van der Waals surface area contributed by atoms with Gasteiger partial charge < -0.3 is 15.5 Å². The maximum absolute atomic E-state index is 12.5. The van der Waals surface area contributed by atoms with Crippen LogP contribution >= 0.6 is 35.6 Å². The number of carbonyl (C=O) groups is 2. The lowest BCUT2D eigenvalue weighted by Gasteiger charge is -2.26. The molecule has 0 aliphatic carbocycles.